The normalized spacial score (nSPS) is 20.3. The maximum absolute atomic E-state index is 14.0. The van der Waals surface area contributed by atoms with E-state index >= 15 is 0 Å². The number of carbonyl (C=O) groups is 2. The maximum Gasteiger partial charge on any atom is 0.277 e. The second-order valence-corrected chi connectivity index (χ2v) is 7.90. The van der Waals surface area contributed by atoms with E-state index in [1.165, 1.54) is 7.11 Å². The Morgan fingerprint density at radius 2 is 1.68 bits per heavy atom. The van der Waals surface area contributed by atoms with Crippen LogP contribution in [0.4, 0.5) is 5.69 Å². The van der Waals surface area contributed by atoms with Crippen LogP contribution in [0, 0.1) is 5.92 Å². The number of methoxy groups -OCH3 is 3. The van der Waals surface area contributed by atoms with Crippen LogP contribution in [0.2, 0.25) is 0 Å². The molecule has 5 rings (SSSR count). The number of rotatable bonds is 6. The maximum atomic E-state index is 14.0. The van der Waals surface area contributed by atoms with Gasteiger partial charge in [-0.05, 0) is 48.5 Å². The fourth-order valence-corrected chi connectivity index (χ4v) is 4.50. The monoisotopic (exact) mass is 458 g/mol. The van der Waals surface area contributed by atoms with E-state index in [0.717, 1.165) is 0 Å². The second kappa shape index (κ2) is 8.22. The van der Waals surface area contributed by atoms with Crippen LogP contribution in [0.3, 0.4) is 0 Å². The molecule has 2 aliphatic rings. The summed E-state index contributed by atoms with van der Waals surface area (Å²) in [5, 5.41) is 7.14. The van der Waals surface area contributed by atoms with Gasteiger partial charge in [0.25, 0.3) is 11.5 Å². The highest BCUT2D eigenvalue weighted by Gasteiger charge is 2.63. The third-order valence-electron chi connectivity index (χ3n) is 6.20. The number of fused-ring (bicyclic) bond motifs is 2. The van der Waals surface area contributed by atoms with Gasteiger partial charge in [0.1, 0.15) is 17.4 Å². The summed E-state index contributed by atoms with van der Waals surface area (Å²) >= 11 is 0. The molecule has 0 aliphatic carbocycles. The van der Waals surface area contributed by atoms with Crippen molar-refractivity contribution in [3.05, 3.63) is 83.4 Å². The number of nitrogens with one attached hydrogen (secondary N) is 1. The van der Waals surface area contributed by atoms with Crippen LogP contribution in [0.25, 0.3) is 0 Å². The van der Waals surface area contributed by atoms with Crippen molar-refractivity contribution in [2.45, 2.75) is 5.60 Å². The molecule has 1 N–H and O–H groups in total. The van der Waals surface area contributed by atoms with Crippen LogP contribution in [0.5, 0.6) is 17.2 Å². The topological polar surface area (TPSA) is 95.5 Å². The zero-order valence-corrected chi connectivity index (χ0v) is 18.8. The minimum atomic E-state index is -1.63. The number of Topliss-reactive ketones (excluding diaryl/α,β-unsaturated/α-hetero) is 1. The molecule has 2 heterocycles. The van der Waals surface area contributed by atoms with Gasteiger partial charge in [0.2, 0.25) is 0 Å². The summed E-state index contributed by atoms with van der Waals surface area (Å²) in [5.41, 5.74) is 0.832. The number of ketones is 1. The number of benzene rings is 3. The molecule has 34 heavy (non-hydrogen) atoms. The summed E-state index contributed by atoms with van der Waals surface area (Å²) in [7, 11) is 4.62. The van der Waals surface area contributed by atoms with E-state index in [1.807, 2.05) is 6.07 Å². The number of amides is 1. The zero-order valence-electron chi connectivity index (χ0n) is 18.8. The number of hydrogen-bond donors (Lipinski definition) is 1. The number of ether oxygens (including phenoxy) is 3. The number of para-hydroxylation sites is 1. The molecule has 2 atom stereocenters. The van der Waals surface area contributed by atoms with Crippen molar-refractivity contribution in [2.24, 2.45) is 11.1 Å². The Labute approximate surface area is 196 Å². The molecule has 0 saturated carbocycles. The van der Waals surface area contributed by atoms with Gasteiger partial charge in [0.15, 0.2) is 17.3 Å². The molecular formula is C26H22N2O6. The van der Waals surface area contributed by atoms with Crippen LogP contribution in [-0.2, 0) is 15.2 Å². The Morgan fingerprint density at radius 1 is 0.941 bits per heavy atom. The van der Waals surface area contributed by atoms with E-state index in [-0.39, 0.29) is 5.78 Å². The molecule has 8 heteroatoms. The van der Waals surface area contributed by atoms with E-state index in [2.05, 4.69) is 10.5 Å². The summed E-state index contributed by atoms with van der Waals surface area (Å²) in [6.07, 6.45) is 0. The number of oxime groups is 1. The summed E-state index contributed by atoms with van der Waals surface area (Å²) in [5.74, 6) is -0.173. The highest BCUT2D eigenvalue weighted by atomic mass is 16.7. The quantitative estimate of drug-likeness (QED) is 0.565. The number of hydrogen-bond acceptors (Lipinski definition) is 7. The van der Waals surface area contributed by atoms with Crippen molar-refractivity contribution in [2.75, 3.05) is 26.6 Å². The molecule has 0 fully saturated rings. The molecule has 0 aromatic heterocycles. The average molecular weight is 458 g/mol. The lowest BCUT2D eigenvalue weighted by atomic mass is 9.74. The highest BCUT2D eigenvalue weighted by Crippen LogP contribution is 2.50. The summed E-state index contributed by atoms with van der Waals surface area (Å²) in [4.78, 5) is 33.3. The van der Waals surface area contributed by atoms with Gasteiger partial charge in [-0.2, -0.15) is 0 Å². The largest absolute Gasteiger partial charge is 0.497 e. The van der Waals surface area contributed by atoms with Crippen molar-refractivity contribution in [1.82, 2.24) is 0 Å². The summed E-state index contributed by atoms with van der Waals surface area (Å²) in [6.45, 7) is 0. The van der Waals surface area contributed by atoms with E-state index in [0.29, 0.717) is 45.3 Å². The minimum Gasteiger partial charge on any atom is -0.497 e. The van der Waals surface area contributed by atoms with Crippen molar-refractivity contribution in [1.29, 1.82) is 0 Å². The van der Waals surface area contributed by atoms with Crippen LogP contribution < -0.4 is 19.5 Å². The fraction of sp³-hybridized carbons (Fsp3) is 0.192. The lowest BCUT2D eigenvalue weighted by molar-refractivity contribution is -0.140. The molecule has 8 nitrogen and oxygen atoms in total. The molecule has 1 spiro atoms. The van der Waals surface area contributed by atoms with Gasteiger partial charge in [-0.1, -0.05) is 23.4 Å². The Bertz CT molecular complexity index is 1320. The molecule has 2 aliphatic heterocycles. The molecule has 3 aromatic carbocycles. The predicted octanol–water partition coefficient (Wildman–Crippen LogP) is 3.79. The Kier molecular flexibility index (Phi) is 5.20. The van der Waals surface area contributed by atoms with Crippen LogP contribution in [-0.4, -0.2) is 38.7 Å². The predicted molar refractivity (Wildman–Crippen MR) is 125 cm³/mol. The molecule has 0 saturated heterocycles. The van der Waals surface area contributed by atoms with Gasteiger partial charge in [-0.25, -0.2) is 0 Å². The summed E-state index contributed by atoms with van der Waals surface area (Å²) < 4.78 is 16.0. The molecule has 0 radical (unpaired) electrons. The standard InChI is InChI=1S/C26H22N2O6/c1-31-17-11-8-15(9-12-17)24(29)22-23(16-10-13-20(32-2)21(14-16)33-3)28-34-26(22)18-6-4-5-7-19(18)27-25(26)30/h4-14,22H,1-3H3,(H,27,30)/t22-,26-/m0/s1. The third kappa shape index (κ3) is 3.10. The van der Waals surface area contributed by atoms with E-state index < -0.39 is 17.4 Å². The van der Waals surface area contributed by atoms with E-state index in [1.54, 1.807) is 74.9 Å². The first-order chi connectivity index (χ1) is 16.5. The van der Waals surface area contributed by atoms with Crippen molar-refractivity contribution in [3.63, 3.8) is 0 Å². The van der Waals surface area contributed by atoms with Gasteiger partial charge in [-0.3, -0.25) is 9.59 Å². The first kappa shape index (κ1) is 21.5. The molecule has 172 valence electrons. The number of carbonyl (C=O) groups excluding carboxylic acids is 2. The van der Waals surface area contributed by atoms with E-state index in [4.69, 9.17) is 19.0 Å². The Morgan fingerprint density at radius 3 is 2.38 bits per heavy atom. The van der Waals surface area contributed by atoms with Gasteiger partial charge in [-0.15, -0.1) is 0 Å². The van der Waals surface area contributed by atoms with Gasteiger partial charge >= 0.3 is 0 Å². The van der Waals surface area contributed by atoms with Gasteiger partial charge in [0.05, 0.1) is 21.3 Å². The zero-order chi connectivity index (χ0) is 23.9. The SMILES string of the molecule is COc1ccc(C(=O)[C@@H]2C(c3ccc(OC)c(OC)c3)=NO[C@]23C(=O)Nc2ccccc23)cc1. The number of nitrogens with zero attached hydrogens (tertiary/aromatic N) is 1. The smallest absolute Gasteiger partial charge is 0.277 e. The van der Waals surface area contributed by atoms with Gasteiger partial charge in [0, 0.05) is 22.4 Å². The van der Waals surface area contributed by atoms with Crippen LogP contribution in [0.1, 0.15) is 21.5 Å². The first-order valence-electron chi connectivity index (χ1n) is 10.6. The van der Waals surface area contributed by atoms with Crippen LogP contribution >= 0.6 is 0 Å². The molecule has 1 amide bonds. The molecule has 0 unspecified atom stereocenters. The molecule has 3 aromatic rings. The van der Waals surface area contributed by atoms with Gasteiger partial charge < -0.3 is 24.4 Å². The fourth-order valence-electron chi connectivity index (χ4n) is 4.50. The van der Waals surface area contributed by atoms with E-state index in [9.17, 15) is 9.59 Å². The van der Waals surface area contributed by atoms with Crippen molar-refractivity contribution in [3.8, 4) is 17.2 Å². The highest BCUT2D eigenvalue weighted by molar-refractivity contribution is 6.24. The van der Waals surface area contributed by atoms with Crippen molar-refractivity contribution >= 4 is 23.1 Å². The molecule has 0 bridgehead atoms. The number of anilines is 1. The first-order valence-corrected chi connectivity index (χ1v) is 10.6. The average Bonchev–Trinajstić information content (AvgIpc) is 3.42. The minimum absolute atomic E-state index is 0.305. The molecular weight excluding hydrogens is 436 g/mol. The van der Waals surface area contributed by atoms with Crippen LogP contribution in [0.15, 0.2) is 71.9 Å². The third-order valence-corrected chi connectivity index (χ3v) is 6.20. The Hall–Kier alpha value is -4.33. The Balaban J connectivity index is 1.67. The lowest BCUT2D eigenvalue weighted by Crippen LogP contribution is -2.46. The lowest BCUT2D eigenvalue weighted by Gasteiger charge is -2.26. The summed E-state index contributed by atoms with van der Waals surface area (Å²) in [6, 6.07) is 19.1. The second-order valence-electron chi connectivity index (χ2n) is 7.90. The van der Waals surface area contributed by atoms with Crippen molar-refractivity contribution < 1.29 is 28.6 Å².